The summed E-state index contributed by atoms with van der Waals surface area (Å²) in [6, 6.07) is 13.9. The second kappa shape index (κ2) is 8.23. The molecule has 0 radical (unpaired) electrons. The molecule has 0 aliphatic carbocycles. The topological polar surface area (TPSA) is 64.8 Å². The van der Waals surface area contributed by atoms with Gasteiger partial charge < -0.3 is 20.1 Å². The largest absolute Gasteiger partial charge is 0.496 e. The van der Waals surface area contributed by atoms with Crippen molar-refractivity contribution in [1.29, 1.82) is 0 Å². The predicted molar refractivity (Wildman–Crippen MR) is 102 cm³/mol. The van der Waals surface area contributed by atoms with Crippen LogP contribution >= 0.6 is 0 Å². The Morgan fingerprint density at radius 3 is 2.27 bits per heavy atom. The average molecular weight is 354 g/mol. The maximum Gasteiger partial charge on any atom is 0.261 e. The van der Waals surface area contributed by atoms with Gasteiger partial charge in [0.2, 0.25) is 0 Å². The first kappa shape index (κ1) is 18.3. The monoisotopic (exact) mass is 354 g/mol. The van der Waals surface area contributed by atoms with Gasteiger partial charge in [0, 0.05) is 19.6 Å². The van der Waals surface area contributed by atoms with E-state index in [0.29, 0.717) is 29.5 Å². The molecule has 2 aromatic rings. The third kappa shape index (κ3) is 3.68. The second-order valence-electron chi connectivity index (χ2n) is 6.55. The van der Waals surface area contributed by atoms with Gasteiger partial charge in [-0.15, -0.1) is 0 Å². The van der Waals surface area contributed by atoms with Crippen molar-refractivity contribution in [3.63, 3.8) is 0 Å². The van der Waals surface area contributed by atoms with E-state index in [1.807, 2.05) is 11.0 Å². The van der Waals surface area contributed by atoms with Gasteiger partial charge in [-0.3, -0.25) is 4.79 Å². The van der Waals surface area contributed by atoms with Crippen LogP contribution in [0.1, 0.15) is 40.2 Å². The number of methoxy groups -OCH3 is 2. The normalized spacial score (nSPS) is 15.0. The van der Waals surface area contributed by atoms with Gasteiger partial charge in [-0.2, -0.15) is 0 Å². The fourth-order valence-electron chi connectivity index (χ4n) is 3.61. The fraction of sp³-hybridized carbons (Fsp3) is 0.381. The van der Waals surface area contributed by atoms with Gasteiger partial charge in [-0.05, 0) is 42.0 Å². The van der Waals surface area contributed by atoms with E-state index in [1.165, 1.54) is 5.56 Å². The summed E-state index contributed by atoms with van der Waals surface area (Å²) in [5, 5.41) is 0. The number of likely N-dealkylation sites (tertiary alicyclic amines) is 1. The van der Waals surface area contributed by atoms with Gasteiger partial charge >= 0.3 is 0 Å². The number of nitrogens with two attached hydrogens (primary N) is 1. The molecule has 0 atom stereocenters. The third-order valence-corrected chi connectivity index (χ3v) is 5.08. The molecule has 1 amide bonds. The Balaban J connectivity index is 1.73. The highest BCUT2D eigenvalue weighted by atomic mass is 16.5. The first-order chi connectivity index (χ1) is 12.7. The molecule has 0 unspecified atom stereocenters. The van der Waals surface area contributed by atoms with Gasteiger partial charge in [0.05, 0.1) is 14.2 Å². The zero-order valence-corrected chi connectivity index (χ0v) is 15.4. The van der Waals surface area contributed by atoms with Crippen molar-refractivity contribution >= 4 is 5.91 Å². The van der Waals surface area contributed by atoms with E-state index < -0.39 is 0 Å². The fourth-order valence-corrected chi connectivity index (χ4v) is 3.61. The first-order valence-corrected chi connectivity index (χ1v) is 8.97. The number of ether oxygens (including phenoxy) is 2. The molecule has 0 spiro atoms. The van der Waals surface area contributed by atoms with Crippen LogP contribution in [-0.2, 0) is 6.54 Å². The molecule has 5 heteroatoms. The average Bonchev–Trinajstić information content (AvgIpc) is 2.72. The van der Waals surface area contributed by atoms with Crippen molar-refractivity contribution < 1.29 is 14.3 Å². The van der Waals surface area contributed by atoms with Crippen LogP contribution in [0.2, 0.25) is 0 Å². The molecule has 1 aliphatic heterocycles. The van der Waals surface area contributed by atoms with E-state index in [1.54, 1.807) is 26.4 Å². The van der Waals surface area contributed by atoms with Crippen LogP contribution in [-0.4, -0.2) is 38.1 Å². The minimum atomic E-state index is -0.0338. The van der Waals surface area contributed by atoms with Crippen molar-refractivity contribution in [2.45, 2.75) is 25.3 Å². The molecule has 2 aromatic carbocycles. The summed E-state index contributed by atoms with van der Waals surface area (Å²) in [6.45, 7) is 1.99. The third-order valence-electron chi connectivity index (χ3n) is 5.08. The standard InChI is InChI=1S/C21H26N2O3/c1-25-18-7-4-8-19(26-2)20(18)21(24)23-11-9-16(10-12-23)17-6-3-5-15(13-17)14-22/h3-8,13,16H,9-12,14,22H2,1-2H3. The summed E-state index contributed by atoms with van der Waals surface area (Å²) >= 11 is 0. The Morgan fingerprint density at radius 1 is 1.08 bits per heavy atom. The number of hydrogen-bond donors (Lipinski definition) is 1. The van der Waals surface area contributed by atoms with E-state index in [-0.39, 0.29) is 5.91 Å². The van der Waals surface area contributed by atoms with Crippen LogP contribution in [0, 0.1) is 0 Å². The highest BCUT2D eigenvalue weighted by Crippen LogP contribution is 2.33. The summed E-state index contributed by atoms with van der Waals surface area (Å²) in [4.78, 5) is 14.9. The quantitative estimate of drug-likeness (QED) is 0.896. The van der Waals surface area contributed by atoms with E-state index in [9.17, 15) is 4.79 Å². The maximum atomic E-state index is 13.1. The molecule has 1 aliphatic rings. The number of nitrogens with zero attached hydrogens (tertiary/aromatic N) is 1. The molecule has 1 heterocycles. The van der Waals surface area contributed by atoms with Gasteiger partial charge in [-0.25, -0.2) is 0 Å². The van der Waals surface area contributed by atoms with Gasteiger partial charge in [0.15, 0.2) is 0 Å². The van der Waals surface area contributed by atoms with Crippen LogP contribution in [0.4, 0.5) is 0 Å². The Kier molecular flexibility index (Phi) is 5.78. The molecule has 5 nitrogen and oxygen atoms in total. The number of rotatable bonds is 5. The second-order valence-corrected chi connectivity index (χ2v) is 6.55. The smallest absolute Gasteiger partial charge is 0.261 e. The van der Waals surface area contributed by atoms with Crippen LogP contribution in [0.5, 0.6) is 11.5 Å². The molecule has 138 valence electrons. The number of amides is 1. The minimum absolute atomic E-state index is 0.0338. The molecule has 0 bridgehead atoms. The highest BCUT2D eigenvalue weighted by Gasteiger charge is 2.28. The van der Waals surface area contributed by atoms with Gasteiger partial charge in [0.1, 0.15) is 17.1 Å². The number of piperidine rings is 1. The number of benzene rings is 2. The Morgan fingerprint density at radius 2 is 1.69 bits per heavy atom. The van der Waals surface area contributed by atoms with E-state index >= 15 is 0 Å². The highest BCUT2D eigenvalue weighted by molar-refractivity contribution is 5.99. The lowest BCUT2D eigenvalue weighted by Gasteiger charge is -2.33. The molecule has 1 fully saturated rings. The van der Waals surface area contributed by atoms with E-state index in [2.05, 4.69) is 24.3 Å². The predicted octanol–water partition coefficient (Wildman–Crippen LogP) is 3.18. The number of carbonyl (C=O) groups is 1. The zero-order valence-electron chi connectivity index (χ0n) is 15.4. The van der Waals surface area contributed by atoms with Crippen LogP contribution < -0.4 is 15.2 Å². The zero-order chi connectivity index (χ0) is 18.5. The molecular weight excluding hydrogens is 328 g/mol. The van der Waals surface area contributed by atoms with Crippen molar-refractivity contribution in [3.05, 3.63) is 59.2 Å². The molecule has 0 saturated carbocycles. The molecular formula is C21H26N2O3. The van der Waals surface area contributed by atoms with E-state index in [0.717, 1.165) is 31.5 Å². The van der Waals surface area contributed by atoms with Crippen molar-refractivity contribution in [2.75, 3.05) is 27.3 Å². The SMILES string of the molecule is COc1cccc(OC)c1C(=O)N1CCC(c2cccc(CN)c2)CC1. The summed E-state index contributed by atoms with van der Waals surface area (Å²) < 4.78 is 10.8. The number of carbonyl (C=O) groups excluding carboxylic acids is 1. The van der Waals surface area contributed by atoms with Gasteiger partial charge in [-0.1, -0.05) is 30.3 Å². The minimum Gasteiger partial charge on any atom is -0.496 e. The lowest BCUT2D eigenvalue weighted by atomic mass is 9.88. The molecule has 1 saturated heterocycles. The maximum absolute atomic E-state index is 13.1. The lowest BCUT2D eigenvalue weighted by molar-refractivity contribution is 0.0706. The summed E-state index contributed by atoms with van der Waals surface area (Å²) in [7, 11) is 3.14. The summed E-state index contributed by atoms with van der Waals surface area (Å²) in [5.41, 5.74) is 8.72. The lowest BCUT2D eigenvalue weighted by Crippen LogP contribution is -2.38. The molecule has 0 aromatic heterocycles. The molecule has 2 N–H and O–H groups in total. The Bertz CT molecular complexity index is 745. The van der Waals surface area contributed by atoms with Crippen LogP contribution in [0.25, 0.3) is 0 Å². The summed E-state index contributed by atoms with van der Waals surface area (Å²) in [6.07, 6.45) is 1.88. The number of hydrogen-bond acceptors (Lipinski definition) is 4. The van der Waals surface area contributed by atoms with Crippen molar-refractivity contribution in [3.8, 4) is 11.5 Å². The molecule has 3 rings (SSSR count). The van der Waals surface area contributed by atoms with Gasteiger partial charge in [0.25, 0.3) is 5.91 Å². The van der Waals surface area contributed by atoms with Crippen molar-refractivity contribution in [1.82, 2.24) is 4.90 Å². The first-order valence-electron chi connectivity index (χ1n) is 8.97. The summed E-state index contributed by atoms with van der Waals surface area (Å²) in [5.74, 6) is 1.53. The van der Waals surface area contributed by atoms with Crippen LogP contribution in [0.15, 0.2) is 42.5 Å². The van der Waals surface area contributed by atoms with Crippen LogP contribution in [0.3, 0.4) is 0 Å². The Labute approximate surface area is 154 Å². The Hall–Kier alpha value is -2.53. The molecule has 26 heavy (non-hydrogen) atoms. The van der Waals surface area contributed by atoms with Crippen molar-refractivity contribution in [2.24, 2.45) is 5.73 Å². The van der Waals surface area contributed by atoms with E-state index in [4.69, 9.17) is 15.2 Å².